The molecule has 2 N–H and O–H groups in total. The number of methoxy groups -OCH3 is 1. The third-order valence-electron chi connectivity index (χ3n) is 2.21. The molecule has 17 heavy (non-hydrogen) atoms. The Hall–Kier alpha value is -1.03. The maximum Gasteiger partial charge on any atom is 0.524 e. The van der Waals surface area contributed by atoms with E-state index < -0.39 is 7.82 Å². The summed E-state index contributed by atoms with van der Waals surface area (Å²) in [6.45, 7) is 5.77. The molecule has 0 spiro atoms. The van der Waals surface area contributed by atoms with Gasteiger partial charge in [0.15, 0.2) is 0 Å². The Morgan fingerprint density at radius 2 is 1.82 bits per heavy atom. The first-order valence-electron chi connectivity index (χ1n) is 5.07. The molecule has 0 radical (unpaired) electrons. The Labute approximate surface area is 101 Å². The predicted octanol–water partition coefficient (Wildman–Crippen LogP) is 2.46. The minimum absolute atomic E-state index is 0.173. The number of hydrogen-bond acceptors (Lipinski definition) is 3. The molecule has 0 aliphatic carbocycles. The summed E-state index contributed by atoms with van der Waals surface area (Å²) in [6, 6.07) is 4.81. The van der Waals surface area contributed by atoms with Gasteiger partial charge in [-0.15, -0.1) is 0 Å². The zero-order valence-corrected chi connectivity index (χ0v) is 11.2. The zero-order valence-electron chi connectivity index (χ0n) is 10.3. The Balaban J connectivity index is 3.26. The molecule has 0 saturated carbocycles. The number of hydrogen-bond donors (Lipinski definition) is 2. The van der Waals surface area contributed by atoms with Crippen LogP contribution in [0.1, 0.15) is 26.3 Å². The minimum atomic E-state index is -4.55. The van der Waals surface area contributed by atoms with Gasteiger partial charge in [-0.05, 0) is 23.6 Å². The fourth-order valence-corrected chi connectivity index (χ4v) is 1.85. The van der Waals surface area contributed by atoms with Crippen molar-refractivity contribution < 1.29 is 23.6 Å². The fraction of sp³-hybridized carbons (Fsp3) is 0.455. The van der Waals surface area contributed by atoms with Crippen molar-refractivity contribution in [2.75, 3.05) is 7.11 Å². The van der Waals surface area contributed by atoms with Crippen molar-refractivity contribution in [2.45, 2.75) is 26.2 Å². The first-order valence-corrected chi connectivity index (χ1v) is 6.60. The van der Waals surface area contributed by atoms with Gasteiger partial charge >= 0.3 is 7.82 Å². The lowest BCUT2D eigenvalue weighted by Gasteiger charge is -2.23. The topological polar surface area (TPSA) is 76.0 Å². The van der Waals surface area contributed by atoms with Crippen molar-refractivity contribution in [3.8, 4) is 11.5 Å². The Morgan fingerprint density at radius 1 is 1.24 bits per heavy atom. The summed E-state index contributed by atoms with van der Waals surface area (Å²) in [5, 5.41) is 0. The van der Waals surface area contributed by atoms with Gasteiger partial charge in [-0.25, -0.2) is 4.57 Å². The molecule has 0 aliphatic rings. The highest BCUT2D eigenvalue weighted by molar-refractivity contribution is 7.46. The summed E-state index contributed by atoms with van der Waals surface area (Å²) in [7, 11) is -3.02. The summed E-state index contributed by atoms with van der Waals surface area (Å²) < 4.78 is 20.6. The maximum atomic E-state index is 10.9. The average molecular weight is 260 g/mol. The van der Waals surface area contributed by atoms with Crippen LogP contribution >= 0.6 is 7.82 Å². The van der Waals surface area contributed by atoms with E-state index in [2.05, 4.69) is 4.52 Å². The summed E-state index contributed by atoms with van der Waals surface area (Å²) in [5.41, 5.74) is 0.374. The van der Waals surface area contributed by atoms with Crippen LogP contribution in [0.25, 0.3) is 0 Å². The van der Waals surface area contributed by atoms with Crippen LogP contribution in [0.5, 0.6) is 11.5 Å². The van der Waals surface area contributed by atoms with E-state index in [1.165, 1.54) is 13.2 Å². The van der Waals surface area contributed by atoms with Crippen LogP contribution in [0.3, 0.4) is 0 Å². The Morgan fingerprint density at radius 3 is 2.24 bits per heavy atom. The number of phosphoric acid groups is 1. The number of ether oxygens (including phenoxy) is 1. The van der Waals surface area contributed by atoms with Gasteiger partial charge in [-0.1, -0.05) is 20.8 Å². The molecule has 0 heterocycles. The van der Waals surface area contributed by atoms with Gasteiger partial charge in [0.25, 0.3) is 0 Å². The molecule has 6 heteroatoms. The highest BCUT2D eigenvalue weighted by atomic mass is 31.2. The molecule has 0 aromatic heterocycles. The van der Waals surface area contributed by atoms with Crippen molar-refractivity contribution >= 4 is 7.82 Å². The first kappa shape index (κ1) is 14.0. The van der Waals surface area contributed by atoms with Crippen molar-refractivity contribution in [3.05, 3.63) is 23.8 Å². The van der Waals surface area contributed by atoms with Gasteiger partial charge in [0.05, 0.1) is 7.11 Å². The van der Waals surface area contributed by atoms with Crippen LogP contribution < -0.4 is 9.26 Å². The second-order valence-electron chi connectivity index (χ2n) is 4.69. The molecule has 96 valence electrons. The smallest absolute Gasteiger partial charge is 0.497 e. The van der Waals surface area contributed by atoms with Crippen molar-refractivity contribution in [2.24, 2.45) is 0 Å². The molecule has 0 fully saturated rings. The summed E-state index contributed by atoms with van der Waals surface area (Å²) in [4.78, 5) is 17.7. The highest BCUT2D eigenvalue weighted by Crippen LogP contribution is 2.43. The molecule has 0 saturated heterocycles. The molecule has 1 aromatic carbocycles. The SMILES string of the molecule is COc1ccc(OP(=O)(O)O)c(C(C)(C)C)c1. The molecular weight excluding hydrogens is 243 g/mol. The van der Waals surface area contributed by atoms with Gasteiger partial charge in [0.1, 0.15) is 11.5 Å². The van der Waals surface area contributed by atoms with Crippen LogP contribution in [0, 0.1) is 0 Å². The van der Waals surface area contributed by atoms with E-state index in [4.69, 9.17) is 14.5 Å². The fourth-order valence-electron chi connectivity index (χ4n) is 1.43. The predicted molar refractivity (Wildman–Crippen MR) is 64.4 cm³/mol. The Kier molecular flexibility index (Phi) is 3.87. The second kappa shape index (κ2) is 4.69. The lowest BCUT2D eigenvalue weighted by molar-refractivity contribution is 0.280. The van der Waals surface area contributed by atoms with Gasteiger partial charge < -0.3 is 9.26 Å². The normalized spacial score (nSPS) is 12.4. The van der Waals surface area contributed by atoms with Crippen LogP contribution in [0.4, 0.5) is 0 Å². The number of rotatable bonds is 3. The first-order chi connectivity index (χ1) is 7.63. The molecule has 1 aromatic rings. The maximum absolute atomic E-state index is 10.9. The van der Waals surface area contributed by atoms with E-state index in [1.807, 2.05) is 20.8 Å². The summed E-state index contributed by atoms with van der Waals surface area (Å²) >= 11 is 0. The van der Waals surface area contributed by atoms with E-state index in [-0.39, 0.29) is 11.2 Å². The van der Waals surface area contributed by atoms with Gasteiger partial charge in [0, 0.05) is 5.56 Å². The minimum Gasteiger partial charge on any atom is -0.497 e. The molecule has 0 amide bonds. The zero-order chi connectivity index (χ0) is 13.3. The van der Waals surface area contributed by atoms with Crippen molar-refractivity contribution in [3.63, 3.8) is 0 Å². The molecule has 0 atom stereocenters. The molecule has 0 bridgehead atoms. The molecule has 0 unspecified atom stereocenters. The third-order valence-corrected chi connectivity index (χ3v) is 2.65. The standard InChI is InChI=1S/C11H17O5P/c1-11(2,3)9-7-8(15-4)5-6-10(9)16-17(12,13)14/h5-7H,1-4H3,(H2,12,13,14). The van der Waals surface area contributed by atoms with Gasteiger partial charge in [0.2, 0.25) is 0 Å². The molecule has 1 rings (SSSR count). The van der Waals surface area contributed by atoms with Crippen LogP contribution in [-0.2, 0) is 9.98 Å². The van der Waals surface area contributed by atoms with Gasteiger partial charge in [-0.3, -0.25) is 9.79 Å². The molecule has 0 aliphatic heterocycles. The van der Waals surface area contributed by atoms with Gasteiger partial charge in [-0.2, -0.15) is 0 Å². The van der Waals surface area contributed by atoms with Crippen LogP contribution in [0.15, 0.2) is 18.2 Å². The van der Waals surface area contributed by atoms with E-state index in [0.717, 1.165) is 0 Å². The number of benzene rings is 1. The molecule has 5 nitrogen and oxygen atoms in total. The highest BCUT2D eigenvalue weighted by Gasteiger charge is 2.24. The van der Waals surface area contributed by atoms with E-state index in [0.29, 0.717) is 11.3 Å². The lowest BCUT2D eigenvalue weighted by Crippen LogP contribution is -2.13. The summed E-state index contributed by atoms with van der Waals surface area (Å²) in [5.74, 6) is 0.791. The molecular formula is C11H17O5P. The van der Waals surface area contributed by atoms with E-state index in [1.54, 1.807) is 12.1 Å². The van der Waals surface area contributed by atoms with Crippen LogP contribution in [0.2, 0.25) is 0 Å². The monoisotopic (exact) mass is 260 g/mol. The van der Waals surface area contributed by atoms with E-state index >= 15 is 0 Å². The lowest BCUT2D eigenvalue weighted by atomic mass is 9.86. The Bertz CT molecular complexity index is 444. The van der Waals surface area contributed by atoms with Crippen molar-refractivity contribution in [1.29, 1.82) is 0 Å². The largest absolute Gasteiger partial charge is 0.524 e. The van der Waals surface area contributed by atoms with E-state index in [9.17, 15) is 4.57 Å². The quantitative estimate of drug-likeness (QED) is 0.816. The van der Waals surface area contributed by atoms with Crippen LogP contribution in [-0.4, -0.2) is 16.9 Å². The number of phosphoric ester groups is 1. The second-order valence-corrected chi connectivity index (χ2v) is 5.86. The average Bonchev–Trinajstić information content (AvgIpc) is 2.14. The third kappa shape index (κ3) is 4.04. The summed E-state index contributed by atoms with van der Waals surface area (Å²) in [6.07, 6.45) is 0. The van der Waals surface area contributed by atoms with Crippen molar-refractivity contribution in [1.82, 2.24) is 0 Å².